The van der Waals surface area contributed by atoms with Gasteiger partial charge in [-0.15, -0.1) is 0 Å². The van der Waals surface area contributed by atoms with Gasteiger partial charge in [0.1, 0.15) is 6.54 Å². The molecule has 2 saturated carbocycles. The molecule has 6 rings (SSSR count). The van der Waals surface area contributed by atoms with E-state index >= 15 is 0 Å². The van der Waals surface area contributed by atoms with Gasteiger partial charge in [-0.25, -0.2) is 9.48 Å². The van der Waals surface area contributed by atoms with Crippen molar-refractivity contribution >= 4 is 17.1 Å². The molecule has 2 N–H and O–H groups in total. The highest BCUT2D eigenvalue weighted by molar-refractivity contribution is 5.82. The fourth-order valence-corrected chi connectivity index (χ4v) is 4.42. The van der Waals surface area contributed by atoms with Crippen LogP contribution in [0.5, 0.6) is 0 Å². The topological polar surface area (TPSA) is 114 Å². The summed E-state index contributed by atoms with van der Waals surface area (Å²) in [6.07, 6.45) is 2.97. The predicted octanol–water partition coefficient (Wildman–Crippen LogP) is 3.91. The smallest absolute Gasteiger partial charge is 0.313 e. The first-order valence-corrected chi connectivity index (χ1v) is 12.2. The van der Waals surface area contributed by atoms with Crippen molar-refractivity contribution in [3.63, 3.8) is 0 Å². The van der Waals surface area contributed by atoms with Gasteiger partial charge >= 0.3 is 11.9 Å². The Morgan fingerprint density at radius 3 is 2.45 bits per heavy atom. The standard InChI is InChI=1S/C14H15N5O2.C12H11F3N2/c1-3-19-12(15-2)9(8-4-5-8)6-11(18-19)10-7-16-14(21)17-13(10)20;13-12(14,15)7-17-10-4-2-1-3-9(10)11(16-17)8-5-6-8/h3,6-8H,1,4-5H2,2H3,(H2,16,17,20,21);1-4,8H,5-7H2. The average molecular weight is 526 g/mol. The maximum atomic E-state index is 12.4. The van der Waals surface area contributed by atoms with Crippen LogP contribution in [0.2, 0.25) is 0 Å². The van der Waals surface area contributed by atoms with Crippen molar-refractivity contribution in [2.45, 2.75) is 50.2 Å². The Balaban J connectivity index is 0.000000158. The van der Waals surface area contributed by atoms with E-state index in [-0.39, 0.29) is 0 Å². The number of fused-ring (bicyclic) bond motifs is 1. The normalized spacial score (nSPS) is 15.8. The van der Waals surface area contributed by atoms with Gasteiger partial charge in [0.2, 0.25) is 0 Å². The van der Waals surface area contributed by atoms with Crippen LogP contribution in [0.3, 0.4) is 0 Å². The summed E-state index contributed by atoms with van der Waals surface area (Å²) in [6.45, 7) is 2.71. The molecule has 2 aliphatic carbocycles. The average Bonchev–Trinajstić information content (AvgIpc) is 3.81. The van der Waals surface area contributed by atoms with E-state index < -0.39 is 24.0 Å². The van der Waals surface area contributed by atoms with Gasteiger partial charge in [0.15, 0.2) is 5.49 Å². The van der Waals surface area contributed by atoms with E-state index in [0.29, 0.717) is 28.6 Å². The molecule has 9 nitrogen and oxygen atoms in total. The molecule has 0 bridgehead atoms. The molecule has 3 aromatic heterocycles. The summed E-state index contributed by atoms with van der Waals surface area (Å²) in [5, 5.41) is 9.35. The maximum absolute atomic E-state index is 12.4. The lowest BCUT2D eigenvalue weighted by Crippen LogP contribution is -2.27. The maximum Gasteiger partial charge on any atom is 0.408 e. The van der Waals surface area contributed by atoms with Crippen LogP contribution < -0.4 is 16.7 Å². The van der Waals surface area contributed by atoms with Crippen LogP contribution in [0, 0.1) is 0 Å². The molecule has 0 unspecified atom stereocenters. The van der Waals surface area contributed by atoms with Crippen LogP contribution in [-0.2, 0) is 6.54 Å². The van der Waals surface area contributed by atoms with Crippen molar-refractivity contribution in [1.82, 2.24) is 29.5 Å². The lowest BCUT2D eigenvalue weighted by Gasteiger charge is -2.09. The van der Waals surface area contributed by atoms with Gasteiger partial charge in [0, 0.05) is 36.3 Å². The quantitative estimate of drug-likeness (QED) is 0.411. The second-order valence-electron chi connectivity index (χ2n) is 9.37. The van der Waals surface area contributed by atoms with E-state index in [0.717, 1.165) is 52.5 Å². The number of rotatable bonds is 5. The minimum absolute atomic E-state index is 0.315. The van der Waals surface area contributed by atoms with Gasteiger partial charge in [0.05, 0.1) is 22.5 Å². The first-order valence-electron chi connectivity index (χ1n) is 12.2. The molecule has 198 valence electrons. The molecular weight excluding hydrogens is 499 g/mol. The molecular formula is C26H26F3N7O2. The van der Waals surface area contributed by atoms with Gasteiger partial charge in [-0.2, -0.15) is 23.4 Å². The molecule has 2 fully saturated rings. The summed E-state index contributed by atoms with van der Waals surface area (Å²) in [5.74, 6) is 0.799. The summed E-state index contributed by atoms with van der Waals surface area (Å²) in [4.78, 5) is 32.0. The van der Waals surface area contributed by atoms with Crippen LogP contribution in [-0.4, -0.2) is 42.8 Å². The zero-order valence-electron chi connectivity index (χ0n) is 20.6. The number of benzene rings is 1. The second-order valence-corrected chi connectivity index (χ2v) is 9.37. The van der Waals surface area contributed by atoms with Crippen molar-refractivity contribution in [2.24, 2.45) is 4.99 Å². The third kappa shape index (κ3) is 5.38. The monoisotopic (exact) mass is 525 g/mol. The number of halogens is 3. The lowest BCUT2D eigenvalue weighted by molar-refractivity contribution is -0.141. The number of H-pyrrole nitrogens is 2. The first kappa shape index (κ1) is 25.4. The van der Waals surface area contributed by atoms with Gasteiger partial charge < -0.3 is 4.98 Å². The number of hydrogen-bond donors (Lipinski definition) is 2. The molecule has 1 aromatic carbocycles. The number of nitrogens with zero attached hydrogens (tertiary/aromatic N) is 5. The molecule has 38 heavy (non-hydrogen) atoms. The van der Waals surface area contributed by atoms with E-state index in [1.165, 1.54) is 6.20 Å². The molecule has 3 heterocycles. The summed E-state index contributed by atoms with van der Waals surface area (Å²) < 4.78 is 39.9. The molecule has 0 spiro atoms. The highest BCUT2D eigenvalue weighted by Gasteiger charge is 2.33. The predicted molar refractivity (Wildman–Crippen MR) is 137 cm³/mol. The van der Waals surface area contributed by atoms with E-state index in [1.807, 2.05) is 18.2 Å². The number of para-hydroxylation sites is 1. The zero-order valence-corrected chi connectivity index (χ0v) is 20.6. The van der Waals surface area contributed by atoms with Crippen molar-refractivity contribution in [3.8, 4) is 11.3 Å². The zero-order chi connectivity index (χ0) is 27.0. The Kier molecular flexibility index (Phi) is 6.64. The number of alkyl halides is 3. The minimum Gasteiger partial charge on any atom is -0.313 e. The lowest BCUT2D eigenvalue weighted by atomic mass is 10.1. The molecule has 4 aromatic rings. The second kappa shape index (κ2) is 9.92. The van der Waals surface area contributed by atoms with Crippen LogP contribution in [0.15, 0.2) is 57.7 Å². The molecule has 0 radical (unpaired) electrons. The van der Waals surface area contributed by atoms with Crippen LogP contribution in [0.4, 0.5) is 13.2 Å². The Morgan fingerprint density at radius 2 is 1.84 bits per heavy atom. The molecule has 0 saturated heterocycles. The fraction of sp³-hybridized carbons (Fsp3) is 0.346. The van der Waals surface area contributed by atoms with Gasteiger partial charge in [0.25, 0.3) is 5.56 Å². The summed E-state index contributed by atoms with van der Waals surface area (Å²) in [5.41, 5.74) is 2.99. The number of hydrogen-bond acceptors (Lipinski definition) is 5. The molecule has 12 heteroatoms. The van der Waals surface area contributed by atoms with Crippen molar-refractivity contribution in [2.75, 3.05) is 7.05 Å². The number of nitrogens with one attached hydrogen (secondary N) is 2. The molecule has 2 aliphatic rings. The van der Waals surface area contributed by atoms with Gasteiger partial charge in [-0.1, -0.05) is 24.8 Å². The van der Waals surface area contributed by atoms with E-state index in [2.05, 4.69) is 31.7 Å². The van der Waals surface area contributed by atoms with Crippen LogP contribution in [0.1, 0.15) is 48.8 Å². The third-order valence-corrected chi connectivity index (χ3v) is 6.46. The largest absolute Gasteiger partial charge is 0.408 e. The third-order valence-electron chi connectivity index (χ3n) is 6.46. The Hall–Kier alpha value is -4.22. The van der Waals surface area contributed by atoms with Crippen molar-refractivity contribution in [1.29, 1.82) is 0 Å². The highest BCUT2D eigenvalue weighted by atomic mass is 19.4. The minimum atomic E-state index is -4.23. The van der Waals surface area contributed by atoms with E-state index in [4.69, 9.17) is 0 Å². The van der Waals surface area contributed by atoms with Gasteiger partial charge in [-0.3, -0.25) is 19.5 Å². The fourth-order valence-electron chi connectivity index (χ4n) is 4.42. The van der Waals surface area contributed by atoms with Crippen LogP contribution in [0.25, 0.3) is 28.4 Å². The Bertz CT molecular complexity index is 1690. The summed E-state index contributed by atoms with van der Waals surface area (Å²) in [7, 11) is 1.70. The Labute approximate surface area is 214 Å². The first-order chi connectivity index (χ1) is 18.2. The number of aromatic amines is 2. The summed E-state index contributed by atoms with van der Waals surface area (Å²) in [6, 6.07) is 8.99. The van der Waals surface area contributed by atoms with Crippen molar-refractivity contribution < 1.29 is 13.2 Å². The van der Waals surface area contributed by atoms with E-state index in [9.17, 15) is 22.8 Å². The van der Waals surface area contributed by atoms with Crippen LogP contribution >= 0.6 is 0 Å². The van der Waals surface area contributed by atoms with Gasteiger partial charge in [-0.05, 0) is 43.7 Å². The van der Waals surface area contributed by atoms with E-state index in [1.54, 1.807) is 30.1 Å². The Morgan fingerprint density at radius 1 is 1.13 bits per heavy atom. The number of aromatic nitrogens is 6. The highest BCUT2D eigenvalue weighted by Crippen LogP contribution is 2.42. The molecule has 0 aliphatic heterocycles. The van der Waals surface area contributed by atoms with Crippen molar-refractivity contribution in [3.05, 3.63) is 80.7 Å². The SMILES string of the molecule is C=Cn1nc(-c2c[nH]c(=O)[nH]c2=O)cc(C2CC2)c1=NC.FC(F)(F)Cn1nc(C2CC2)c2ccccc21. The molecule has 0 atom stereocenters. The summed E-state index contributed by atoms with van der Waals surface area (Å²) >= 11 is 0. The molecule has 0 amide bonds.